The molecule has 0 spiro atoms. The average Bonchev–Trinajstić information content (AvgIpc) is 2.87. The number of carbonyl (C=O) groups excluding carboxylic acids is 2. The normalized spacial score (nSPS) is 19.4. The molecule has 1 aromatic rings. The van der Waals surface area contributed by atoms with Gasteiger partial charge in [-0.25, -0.2) is 8.78 Å². The summed E-state index contributed by atoms with van der Waals surface area (Å²) in [6.07, 6.45) is 0.844. The summed E-state index contributed by atoms with van der Waals surface area (Å²) in [5.41, 5.74) is 4.91. The van der Waals surface area contributed by atoms with Crippen LogP contribution in [0, 0.1) is 0 Å². The fraction of sp³-hybridized carbons (Fsp3) is 0.583. The fourth-order valence-corrected chi connectivity index (χ4v) is 2.34. The molecule has 0 aromatic carbocycles. The number of alkyl halides is 2. The molecule has 1 fully saturated rings. The largest absolute Gasteiger partial charge is 0.368 e. The highest BCUT2D eigenvalue weighted by Crippen LogP contribution is 2.18. The number of nitrogens with zero attached hydrogens (tertiary/aromatic N) is 3. The molecule has 20 heavy (non-hydrogen) atoms. The van der Waals surface area contributed by atoms with E-state index in [9.17, 15) is 18.4 Å². The molecule has 2 rings (SSSR count). The van der Waals surface area contributed by atoms with Crippen molar-refractivity contribution in [2.75, 3.05) is 6.54 Å². The monoisotopic (exact) mass is 286 g/mol. The molecule has 0 radical (unpaired) electrons. The molecule has 1 unspecified atom stereocenters. The van der Waals surface area contributed by atoms with Gasteiger partial charge in [-0.3, -0.25) is 14.3 Å². The zero-order chi connectivity index (χ0) is 14.7. The Morgan fingerprint density at radius 2 is 2.20 bits per heavy atom. The van der Waals surface area contributed by atoms with E-state index >= 15 is 0 Å². The maximum absolute atomic E-state index is 12.4. The number of hydrogen-bond acceptors (Lipinski definition) is 3. The lowest BCUT2D eigenvalue weighted by Gasteiger charge is -2.33. The van der Waals surface area contributed by atoms with Crippen molar-refractivity contribution in [1.29, 1.82) is 0 Å². The Hall–Kier alpha value is -1.99. The lowest BCUT2D eigenvalue weighted by molar-refractivity contribution is -0.141. The third-order valence-electron chi connectivity index (χ3n) is 3.33. The summed E-state index contributed by atoms with van der Waals surface area (Å²) in [5.74, 6) is -0.871. The smallest absolute Gasteiger partial charge is 0.282 e. The second-order valence-corrected chi connectivity index (χ2v) is 4.74. The molecule has 8 heteroatoms. The number of rotatable bonds is 4. The number of piperidine rings is 1. The maximum Gasteiger partial charge on any atom is 0.282 e. The Balaban J connectivity index is 2.04. The van der Waals surface area contributed by atoms with Gasteiger partial charge >= 0.3 is 0 Å². The third kappa shape index (κ3) is 3.12. The van der Waals surface area contributed by atoms with Crippen molar-refractivity contribution >= 4 is 11.8 Å². The van der Waals surface area contributed by atoms with Crippen LogP contribution in [0.2, 0.25) is 0 Å². The van der Waals surface area contributed by atoms with E-state index in [2.05, 4.69) is 5.10 Å². The van der Waals surface area contributed by atoms with Gasteiger partial charge in [-0.2, -0.15) is 5.10 Å². The van der Waals surface area contributed by atoms with Gasteiger partial charge < -0.3 is 10.6 Å². The quantitative estimate of drug-likeness (QED) is 0.884. The zero-order valence-corrected chi connectivity index (χ0v) is 10.8. The first-order valence-electron chi connectivity index (χ1n) is 6.39. The summed E-state index contributed by atoms with van der Waals surface area (Å²) < 4.78 is 26.0. The van der Waals surface area contributed by atoms with Crippen molar-refractivity contribution in [2.45, 2.75) is 38.3 Å². The molecule has 1 aromatic heterocycles. The van der Waals surface area contributed by atoms with Crippen LogP contribution in [-0.4, -0.2) is 39.1 Å². The van der Waals surface area contributed by atoms with Crippen molar-refractivity contribution in [2.24, 2.45) is 5.73 Å². The SMILES string of the molecule is NC(=O)C1CCCCN1C(=O)Cn1ccc(C(F)F)n1. The highest BCUT2D eigenvalue weighted by atomic mass is 19.3. The Morgan fingerprint density at radius 1 is 1.45 bits per heavy atom. The molecule has 1 atom stereocenters. The van der Waals surface area contributed by atoms with Crippen molar-refractivity contribution in [1.82, 2.24) is 14.7 Å². The zero-order valence-electron chi connectivity index (χ0n) is 10.8. The molecule has 0 saturated carbocycles. The number of aromatic nitrogens is 2. The highest BCUT2D eigenvalue weighted by molar-refractivity contribution is 5.86. The van der Waals surface area contributed by atoms with Gasteiger partial charge in [0, 0.05) is 12.7 Å². The van der Waals surface area contributed by atoms with E-state index in [1.165, 1.54) is 17.2 Å². The molecule has 0 bridgehead atoms. The second-order valence-electron chi connectivity index (χ2n) is 4.74. The van der Waals surface area contributed by atoms with Crippen LogP contribution < -0.4 is 5.73 Å². The van der Waals surface area contributed by atoms with Gasteiger partial charge in [-0.05, 0) is 25.3 Å². The van der Waals surface area contributed by atoms with Gasteiger partial charge in [0.1, 0.15) is 18.3 Å². The molecule has 2 heterocycles. The Bertz CT molecular complexity index is 503. The van der Waals surface area contributed by atoms with E-state index < -0.39 is 18.4 Å². The first-order valence-corrected chi connectivity index (χ1v) is 6.39. The molecule has 110 valence electrons. The lowest BCUT2D eigenvalue weighted by atomic mass is 10.0. The van der Waals surface area contributed by atoms with Gasteiger partial charge in [-0.1, -0.05) is 0 Å². The maximum atomic E-state index is 12.4. The molecule has 2 N–H and O–H groups in total. The minimum atomic E-state index is -2.67. The van der Waals surface area contributed by atoms with E-state index in [0.717, 1.165) is 17.5 Å². The van der Waals surface area contributed by atoms with Crippen LogP contribution >= 0.6 is 0 Å². The van der Waals surface area contributed by atoms with Crippen molar-refractivity contribution in [3.8, 4) is 0 Å². The van der Waals surface area contributed by atoms with Gasteiger partial charge in [0.15, 0.2) is 0 Å². The molecular formula is C12H16F2N4O2. The van der Waals surface area contributed by atoms with Crippen molar-refractivity contribution < 1.29 is 18.4 Å². The predicted octanol–water partition coefficient (Wildman–Crippen LogP) is 0.687. The molecule has 1 saturated heterocycles. The number of hydrogen-bond donors (Lipinski definition) is 1. The van der Waals surface area contributed by atoms with Crippen LogP contribution in [0.25, 0.3) is 0 Å². The molecule has 1 aliphatic rings. The van der Waals surface area contributed by atoms with Crippen molar-refractivity contribution in [3.05, 3.63) is 18.0 Å². The number of nitrogens with two attached hydrogens (primary N) is 1. The van der Waals surface area contributed by atoms with E-state index in [4.69, 9.17) is 5.73 Å². The van der Waals surface area contributed by atoms with E-state index in [1.54, 1.807) is 0 Å². The van der Waals surface area contributed by atoms with E-state index in [-0.39, 0.29) is 18.1 Å². The molecular weight excluding hydrogens is 270 g/mol. The van der Waals surface area contributed by atoms with Gasteiger partial charge in [0.05, 0.1) is 0 Å². The first-order chi connectivity index (χ1) is 9.49. The summed E-state index contributed by atoms with van der Waals surface area (Å²) in [4.78, 5) is 24.9. The van der Waals surface area contributed by atoms with Crippen LogP contribution in [0.15, 0.2) is 12.3 Å². The lowest BCUT2D eigenvalue weighted by Crippen LogP contribution is -2.51. The number of carbonyl (C=O) groups is 2. The molecule has 1 aliphatic heterocycles. The summed E-state index contributed by atoms with van der Waals surface area (Å²) in [6, 6.07) is 0.557. The van der Waals surface area contributed by atoms with E-state index in [1.807, 2.05) is 0 Å². The summed E-state index contributed by atoms with van der Waals surface area (Å²) in [5, 5.41) is 3.62. The second kappa shape index (κ2) is 5.98. The topological polar surface area (TPSA) is 81.2 Å². The predicted molar refractivity (Wildman–Crippen MR) is 65.7 cm³/mol. The van der Waals surface area contributed by atoms with Gasteiger partial charge in [-0.15, -0.1) is 0 Å². The van der Waals surface area contributed by atoms with Gasteiger partial charge in [0.2, 0.25) is 11.8 Å². The number of halogens is 2. The Kier molecular flexibility index (Phi) is 4.31. The van der Waals surface area contributed by atoms with Crippen LogP contribution in [0.4, 0.5) is 8.78 Å². The Morgan fingerprint density at radius 3 is 2.80 bits per heavy atom. The van der Waals surface area contributed by atoms with Crippen LogP contribution in [0.3, 0.4) is 0 Å². The molecule has 0 aliphatic carbocycles. The standard InChI is InChI=1S/C12H16F2N4O2/c13-11(14)8-4-6-17(16-8)7-10(19)18-5-2-1-3-9(18)12(15)20/h4,6,9,11H,1-3,5,7H2,(H2,15,20). The average molecular weight is 286 g/mol. The van der Waals surface area contributed by atoms with Crippen LogP contribution in [-0.2, 0) is 16.1 Å². The van der Waals surface area contributed by atoms with Gasteiger partial charge in [0.25, 0.3) is 6.43 Å². The number of likely N-dealkylation sites (tertiary alicyclic amines) is 1. The van der Waals surface area contributed by atoms with Crippen LogP contribution in [0.1, 0.15) is 31.4 Å². The minimum Gasteiger partial charge on any atom is -0.368 e. The summed E-state index contributed by atoms with van der Waals surface area (Å²) >= 11 is 0. The first kappa shape index (κ1) is 14.4. The molecule has 6 nitrogen and oxygen atoms in total. The summed E-state index contributed by atoms with van der Waals surface area (Å²) in [6.45, 7) is 0.284. The molecule has 2 amide bonds. The fourth-order valence-electron chi connectivity index (χ4n) is 2.34. The highest BCUT2D eigenvalue weighted by Gasteiger charge is 2.30. The minimum absolute atomic E-state index is 0.170. The van der Waals surface area contributed by atoms with Crippen LogP contribution in [0.5, 0.6) is 0 Å². The summed E-state index contributed by atoms with van der Waals surface area (Å²) in [7, 11) is 0. The third-order valence-corrected chi connectivity index (χ3v) is 3.33. The number of primary amides is 1. The van der Waals surface area contributed by atoms with E-state index in [0.29, 0.717) is 13.0 Å². The van der Waals surface area contributed by atoms with Crippen molar-refractivity contribution in [3.63, 3.8) is 0 Å². The number of amides is 2. The Labute approximate surface area is 114 Å².